The van der Waals surface area contributed by atoms with E-state index < -0.39 is 0 Å². The molecule has 3 heterocycles. The second kappa shape index (κ2) is 10.5. The lowest BCUT2D eigenvalue weighted by Gasteiger charge is -2.29. The van der Waals surface area contributed by atoms with Crippen LogP contribution in [-0.2, 0) is 16.6 Å². The summed E-state index contributed by atoms with van der Waals surface area (Å²) < 4.78 is 13.0. The van der Waals surface area contributed by atoms with Gasteiger partial charge in [0, 0.05) is 48.7 Å². The maximum absolute atomic E-state index is 11.7. The van der Waals surface area contributed by atoms with Crippen LogP contribution in [0.4, 0.5) is 23.0 Å². The molecule has 2 aromatic carbocycles. The highest BCUT2D eigenvalue weighted by atomic mass is 35.5. The molecule has 0 radical (unpaired) electrons. The first-order valence-corrected chi connectivity index (χ1v) is 12.2. The molecule has 10 heteroatoms. The number of aryl methyl sites for hydroxylation is 1. The number of nitrogens with zero attached hydrogens (tertiary/aromatic N) is 4. The van der Waals surface area contributed by atoms with Crippen molar-refractivity contribution in [1.29, 1.82) is 0 Å². The van der Waals surface area contributed by atoms with E-state index in [0.717, 1.165) is 48.5 Å². The number of aromatic nitrogens is 3. The van der Waals surface area contributed by atoms with Crippen molar-refractivity contribution < 1.29 is 14.3 Å². The number of methoxy groups -OCH3 is 1. The van der Waals surface area contributed by atoms with Crippen LogP contribution in [0, 0.1) is 0 Å². The number of amides is 1. The summed E-state index contributed by atoms with van der Waals surface area (Å²) in [5.41, 5.74) is 4.92. The standard InChI is InChI=1S/C27H27ClN6O3/c1-4-25(35)30-17-5-8-24(36-3)22(13-17)31-27-29-15-21(28)26(32-27)20-16-33(2)23-14-18(6-7-19(20)23)34-9-11-37-12-10-34/h4-8,13-16H,1,9-12H2,2-3H3,(H,30,35)(H,29,31,32). The molecular weight excluding hydrogens is 492 g/mol. The third-order valence-electron chi connectivity index (χ3n) is 6.25. The Balaban J connectivity index is 1.49. The van der Waals surface area contributed by atoms with Crippen LogP contribution in [0.15, 0.2) is 61.4 Å². The number of rotatable bonds is 7. The van der Waals surface area contributed by atoms with E-state index in [1.165, 1.54) is 6.08 Å². The highest BCUT2D eigenvalue weighted by Crippen LogP contribution is 2.36. The van der Waals surface area contributed by atoms with Gasteiger partial charge in [0.15, 0.2) is 0 Å². The Morgan fingerprint density at radius 3 is 2.78 bits per heavy atom. The summed E-state index contributed by atoms with van der Waals surface area (Å²) in [4.78, 5) is 23.2. The molecule has 2 N–H and O–H groups in total. The molecule has 0 aliphatic carbocycles. The van der Waals surface area contributed by atoms with Gasteiger partial charge in [0.25, 0.3) is 0 Å². The monoisotopic (exact) mass is 518 g/mol. The van der Waals surface area contributed by atoms with Crippen molar-refractivity contribution in [3.63, 3.8) is 0 Å². The number of halogens is 1. The zero-order chi connectivity index (χ0) is 25.9. The summed E-state index contributed by atoms with van der Waals surface area (Å²) in [7, 11) is 3.58. The van der Waals surface area contributed by atoms with Gasteiger partial charge < -0.3 is 29.6 Å². The van der Waals surface area contributed by atoms with E-state index >= 15 is 0 Å². The lowest BCUT2D eigenvalue weighted by molar-refractivity contribution is -0.111. The second-order valence-corrected chi connectivity index (χ2v) is 8.99. The van der Waals surface area contributed by atoms with Gasteiger partial charge in [-0.1, -0.05) is 24.2 Å². The Morgan fingerprint density at radius 2 is 2.03 bits per heavy atom. The number of carbonyl (C=O) groups excluding carboxylic acids is 1. The minimum atomic E-state index is -0.311. The lowest BCUT2D eigenvalue weighted by atomic mass is 10.1. The minimum absolute atomic E-state index is 0.311. The van der Waals surface area contributed by atoms with Crippen LogP contribution in [0.5, 0.6) is 5.75 Å². The fraction of sp³-hybridized carbons (Fsp3) is 0.222. The molecule has 9 nitrogen and oxygen atoms in total. The van der Waals surface area contributed by atoms with Crippen molar-refractivity contribution in [2.24, 2.45) is 7.05 Å². The van der Waals surface area contributed by atoms with Crippen LogP contribution in [0.2, 0.25) is 5.02 Å². The van der Waals surface area contributed by atoms with Crippen LogP contribution in [-0.4, -0.2) is 53.9 Å². The van der Waals surface area contributed by atoms with E-state index in [9.17, 15) is 4.79 Å². The van der Waals surface area contributed by atoms with E-state index in [1.54, 1.807) is 31.5 Å². The highest BCUT2D eigenvalue weighted by Gasteiger charge is 2.18. The van der Waals surface area contributed by atoms with Gasteiger partial charge in [-0.2, -0.15) is 0 Å². The molecule has 1 fully saturated rings. The number of ether oxygens (including phenoxy) is 2. The third kappa shape index (κ3) is 5.09. The van der Waals surface area contributed by atoms with Crippen molar-refractivity contribution >= 4 is 51.4 Å². The van der Waals surface area contributed by atoms with Crippen LogP contribution in [0.1, 0.15) is 0 Å². The molecule has 37 heavy (non-hydrogen) atoms. The number of anilines is 4. The van der Waals surface area contributed by atoms with Gasteiger partial charge in [0.1, 0.15) is 5.75 Å². The topological polar surface area (TPSA) is 93.5 Å². The predicted octanol–water partition coefficient (Wildman–Crippen LogP) is 5.00. The highest BCUT2D eigenvalue weighted by molar-refractivity contribution is 6.33. The molecule has 4 aromatic rings. The zero-order valence-electron chi connectivity index (χ0n) is 20.6. The SMILES string of the molecule is C=CC(=O)Nc1ccc(OC)c(Nc2ncc(Cl)c(-c3cn(C)c4cc(N5CCOCC5)ccc34)n2)c1. The van der Waals surface area contributed by atoms with Gasteiger partial charge in [-0.3, -0.25) is 4.79 Å². The van der Waals surface area contributed by atoms with Crippen LogP contribution in [0.3, 0.4) is 0 Å². The first-order valence-electron chi connectivity index (χ1n) is 11.8. The molecule has 0 bridgehead atoms. The Hall–Kier alpha value is -4.08. The fourth-order valence-electron chi connectivity index (χ4n) is 4.39. The first-order chi connectivity index (χ1) is 18.0. The average Bonchev–Trinajstić information content (AvgIpc) is 3.25. The number of hydrogen-bond acceptors (Lipinski definition) is 7. The molecule has 1 amide bonds. The number of benzene rings is 2. The molecule has 2 aromatic heterocycles. The number of fused-ring (bicyclic) bond motifs is 1. The molecule has 1 aliphatic heterocycles. The predicted molar refractivity (Wildman–Crippen MR) is 147 cm³/mol. The summed E-state index contributed by atoms with van der Waals surface area (Å²) in [5.74, 6) is 0.596. The third-order valence-corrected chi connectivity index (χ3v) is 6.53. The number of hydrogen-bond donors (Lipinski definition) is 2. The summed E-state index contributed by atoms with van der Waals surface area (Å²) >= 11 is 6.59. The molecule has 0 saturated carbocycles. The normalized spacial score (nSPS) is 13.4. The van der Waals surface area contributed by atoms with Gasteiger partial charge >= 0.3 is 0 Å². The van der Waals surface area contributed by atoms with E-state index in [4.69, 9.17) is 26.1 Å². The molecule has 1 aliphatic rings. The van der Waals surface area contributed by atoms with Crippen molar-refractivity contribution in [3.05, 3.63) is 66.5 Å². The van der Waals surface area contributed by atoms with Gasteiger partial charge in [-0.25, -0.2) is 9.97 Å². The maximum Gasteiger partial charge on any atom is 0.247 e. The van der Waals surface area contributed by atoms with Crippen molar-refractivity contribution in [3.8, 4) is 17.0 Å². The second-order valence-electron chi connectivity index (χ2n) is 8.58. The molecule has 5 rings (SSSR count). The number of morpholine rings is 1. The van der Waals surface area contributed by atoms with Crippen molar-refractivity contribution in [2.75, 3.05) is 48.9 Å². The molecular formula is C27H27ClN6O3. The Kier molecular flexibility index (Phi) is 6.98. The van der Waals surface area contributed by atoms with E-state index in [0.29, 0.717) is 33.8 Å². The van der Waals surface area contributed by atoms with Gasteiger partial charge in [-0.15, -0.1) is 0 Å². The van der Waals surface area contributed by atoms with E-state index in [1.807, 2.05) is 13.2 Å². The fourth-order valence-corrected chi connectivity index (χ4v) is 4.59. The lowest BCUT2D eigenvalue weighted by Crippen LogP contribution is -2.36. The summed E-state index contributed by atoms with van der Waals surface area (Å²) in [6.07, 6.45) is 4.81. The minimum Gasteiger partial charge on any atom is -0.495 e. The zero-order valence-corrected chi connectivity index (χ0v) is 21.4. The summed E-state index contributed by atoms with van der Waals surface area (Å²) in [6.45, 7) is 6.70. The quantitative estimate of drug-likeness (QED) is 0.332. The van der Waals surface area contributed by atoms with Gasteiger partial charge in [-0.05, 0) is 36.4 Å². The van der Waals surface area contributed by atoms with Crippen molar-refractivity contribution in [1.82, 2.24) is 14.5 Å². The summed E-state index contributed by atoms with van der Waals surface area (Å²) in [5, 5.41) is 7.41. The Bertz CT molecular complexity index is 1480. The largest absolute Gasteiger partial charge is 0.495 e. The number of nitrogens with one attached hydrogen (secondary N) is 2. The van der Waals surface area contributed by atoms with Crippen LogP contribution < -0.4 is 20.3 Å². The summed E-state index contributed by atoms with van der Waals surface area (Å²) in [6, 6.07) is 11.6. The first kappa shape index (κ1) is 24.6. The molecule has 0 spiro atoms. The average molecular weight is 519 g/mol. The van der Waals surface area contributed by atoms with Gasteiger partial charge in [0.05, 0.1) is 48.4 Å². The van der Waals surface area contributed by atoms with E-state index in [-0.39, 0.29) is 5.91 Å². The Morgan fingerprint density at radius 1 is 1.22 bits per heavy atom. The Labute approximate surface area is 219 Å². The van der Waals surface area contributed by atoms with Gasteiger partial charge in [0.2, 0.25) is 11.9 Å². The van der Waals surface area contributed by atoms with E-state index in [2.05, 4.69) is 49.9 Å². The van der Waals surface area contributed by atoms with Crippen molar-refractivity contribution in [2.45, 2.75) is 0 Å². The van der Waals surface area contributed by atoms with Crippen LogP contribution in [0.25, 0.3) is 22.2 Å². The molecule has 190 valence electrons. The van der Waals surface area contributed by atoms with Crippen LogP contribution >= 0.6 is 11.6 Å². The molecule has 0 atom stereocenters. The smallest absolute Gasteiger partial charge is 0.247 e. The molecule has 1 saturated heterocycles. The molecule has 0 unspecified atom stereocenters. The number of carbonyl (C=O) groups is 1. The maximum atomic E-state index is 11.7.